The Labute approximate surface area is 154 Å². The van der Waals surface area contributed by atoms with E-state index in [1.165, 1.54) is 18.9 Å². The molecule has 0 aliphatic heterocycles. The van der Waals surface area contributed by atoms with Gasteiger partial charge in [-0.05, 0) is 19.1 Å². The molecule has 1 aromatic carbocycles. The number of carbonyl (C=O) groups excluding carboxylic acids is 1. The normalized spacial score (nSPS) is 10.3. The molecule has 0 saturated heterocycles. The van der Waals surface area contributed by atoms with Crippen molar-refractivity contribution in [1.82, 2.24) is 15.0 Å². The summed E-state index contributed by atoms with van der Waals surface area (Å²) >= 11 is 1.19. The zero-order chi connectivity index (χ0) is 18.5. The topological polar surface area (TPSA) is 116 Å². The van der Waals surface area contributed by atoms with Gasteiger partial charge in [-0.1, -0.05) is 30.0 Å². The molecule has 3 aromatic rings. The molecule has 0 saturated carbocycles. The Balaban J connectivity index is 1.96. The predicted molar refractivity (Wildman–Crippen MR) is 99.8 cm³/mol. The van der Waals surface area contributed by atoms with Crippen molar-refractivity contribution in [2.75, 3.05) is 23.7 Å². The number of aryl methyl sites for hydroxylation is 1. The van der Waals surface area contributed by atoms with Crippen molar-refractivity contribution in [3.05, 3.63) is 41.7 Å². The number of thioether (sulfide) groups is 1. The zero-order valence-corrected chi connectivity index (χ0v) is 15.0. The van der Waals surface area contributed by atoms with Crippen LogP contribution in [0, 0.1) is 18.3 Å². The predicted octanol–water partition coefficient (Wildman–Crippen LogP) is 2.84. The summed E-state index contributed by atoms with van der Waals surface area (Å²) in [5.41, 5.74) is 7.85. The Morgan fingerprint density at radius 2 is 2.08 bits per heavy atom. The summed E-state index contributed by atoms with van der Waals surface area (Å²) in [4.78, 5) is 23.2. The Bertz CT molecular complexity index is 980. The lowest BCUT2D eigenvalue weighted by atomic mass is 10.2. The highest BCUT2D eigenvalue weighted by Crippen LogP contribution is 2.32. The van der Waals surface area contributed by atoms with Gasteiger partial charge in [0.05, 0.1) is 34.5 Å². The smallest absolute Gasteiger partial charge is 0.316 e. The van der Waals surface area contributed by atoms with Crippen molar-refractivity contribution in [3.63, 3.8) is 0 Å². The first-order chi connectivity index (χ1) is 12.6. The number of aromatic amines is 1. The van der Waals surface area contributed by atoms with Crippen LogP contribution >= 0.6 is 11.8 Å². The van der Waals surface area contributed by atoms with Crippen molar-refractivity contribution in [3.8, 4) is 6.07 Å². The van der Waals surface area contributed by atoms with E-state index in [1.807, 2.05) is 30.3 Å². The fraction of sp³-hybridized carbons (Fsp3) is 0.176. The number of nitrogens with one attached hydrogen (secondary N) is 3. The minimum absolute atomic E-state index is 0.0927. The molecule has 132 valence electrons. The Hall–Kier alpha value is -3.25. The Morgan fingerprint density at radius 3 is 2.77 bits per heavy atom. The number of esters is 1. The summed E-state index contributed by atoms with van der Waals surface area (Å²) in [6, 6.07) is 11.7. The van der Waals surface area contributed by atoms with E-state index in [0.717, 1.165) is 5.69 Å². The van der Waals surface area contributed by atoms with Crippen LogP contribution in [0.4, 0.5) is 11.5 Å². The average Bonchev–Trinajstić information content (AvgIpc) is 3.02. The van der Waals surface area contributed by atoms with E-state index >= 15 is 0 Å². The molecule has 0 radical (unpaired) electrons. The number of anilines is 2. The van der Waals surface area contributed by atoms with Gasteiger partial charge < -0.3 is 9.72 Å². The number of hydrogen-bond acceptors (Lipinski definition) is 8. The molecular formula is C17H16N6O2S. The van der Waals surface area contributed by atoms with E-state index in [0.29, 0.717) is 33.3 Å². The van der Waals surface area contributed by atoms with Crippen molar-refractivity contribution < 1.29 is 9.53 Å². The molecule has 0 bridgehead atoms. The molecule has 0 spiro atoms. The fourth-order valence-electron chi connectivity index (χ4n) is 2.33. The maximum absolute atomic E-state index is 11.4. The number of carbonyl (C=O) groups is 1. The first-order valence-corrected chi connectivity index (χ1v) is 8.68. The van der Waals surface area contributed by atoms with Crippen LogP contribution in [0.2, 0.25) is 0 Å². The molecule has 26 heavy (non-hydrogen) atoms. The molecule has 0 aliphatic rings. The first kappa shape index (κ1) is 17.6. The lowest BCUT2D eigenvalue weighted by Gasteiger charge is -2.10. The van der Waals surface area contributed by atoms with E-state index in [2.05, 4.69) is 36.6 Å². The monoisotopic (exact) mass is 368 g/mol. The van der Waals surface area contributed by atoms with E-state index in [1.54, 1.807) is 6.92 Å². The summed E-state index contributed by atoms with van der Waals surface area (Å²) < 4.78 is 4.64. The number of hydrazine groups is 1. The largest absolute Gasteiger partial charge is 0.468 e. The second-order valence-corrected chi connectivity index (χ2v) is 6.25. The number of nitrogens with zero attached hydrogens (tertiary/aromatic N) is 3. The summed E-state index contributed by atoms with van der Waals surface area (Å²) in [7, 11) is 1.32. The number of nitriles is 1. The third kappa shape index (κ3) is 3.70. The lowest BCUT2D eigenvalue weighted by Crippen LogP contribution is -2.11. The van der Waals surface area contributed by atoms with Crippen LogP contribution in [0.25, 0.3) is 11.0 Å². The van der Waals surface area contributed by atoms with Gasteiger partial charge in [0.15, 0.2) is 5.82 Å². The summed E-state index contributed by atoms with van der Waals surface area (Å²) in [6.07, 6.45) is 0. The van der Waals surface area contributed by atoms with Gasteiger partial charge in [-0.3, -0.25) is 15.6 Å². The standard InChI is InChI=1S/C17H16N6O2S/c1-10-19-15-14(12(8-18)17(21-15)26-9-13(24)25-2)16(20-10)23-22-11-6-4-3-5-7-11/h3-7,22H,9H2,1-2H3,(H2,19,20,21,23). The van der Waals surface area contributed by atoms with Crippen LogP contribution < -0.4 is 10.9 Å². The van der Waals surface area contributed by atoms with Crippen molar-refractivity contribution in [2.45, 2.75) is 11.9 Å². The van der Waals surface area contributed by atoms with Gasteiger partial charge in [0.1, 0.15) is 17.5 Å². The highest BCUT2D eigenvalue weighted by Gasteiger charge is 2.19. The van der Waals surface area contributed by atoms with Gasteiger partial charge in [0.25, 0.3) is 0 Å². The molecule has 0 fully saturated rings. The molecule has 9 heteroatoms. The van der Waals surface area contributed by atoms with E-state index < -0.39 is 0 Å². The number of rotatable bonds is 6. The Kier molecular flexibility index (Phi) is 5.24. The number of methoxy groups -OCH3 is 1. The minimum atomic E-state index is -0.371. The van der Waals surface area contributed by atoms with Crippen molar-refractivity contribution >= 4 is 40.3 Å². The maximum Gasteiger partial charge on any atom is 0.316 e. The van der Waals surface area contributed by atoms with E-state index in [4.69, 9.17) is 0 Å². The average molecular weight is 368 g/mol. The molecule has 0 unspecified atom stereocenters. The lowest BCUT2D eigenvalue weighted by molar-refractivity contribution is -0.137. The number of para-hydroxylation sites is 1. The van der Waals surface area contributed by atoms with Gasteiger partial charge in [-0.2, -0.15) is 5.26 Å². The molecular weight excluding hydrogens is 352 g/mol. The van der Waals surface area contributed by atoms with Gasteiger partial charge in [-0.25, -0.2) is 9.97 Å². The molecule has 2 aromatic heterocycles. The highest BCUT2D eigenvalue weighted by molar-refractivity contribution is 8.00. The van der Waals surface area contributed by atoms with E-state index in [9.17, 15) is 10.1 Å². The third-order valence-electron chi connectivity index (χ3n) is 3.50. The van der Waals surface area contributed by atoms with E-state index in [-0.39, 0.29) is 11.7 Å². The number of ether oxygens (including phenoxy) is 1. The minimum Gasteiger partial charge on any atom is -0.468 e. The van der Waals surface area contributed by atoms with Crippen LogP contribution in [-0.4, -0.2) is 33.8 Å². The third-order valence-corrected chi connectivity index (χ3v) is 4.48. The quantitative estimate of drug-likeness (QED) is 0.345. The van der Waals surface area contributed by atoms with Crippen LogP contribution in [0.15, 0.2) is 35.4 Å². The van der Waals surface area contributed by atoms with Crippen LogP contribution in [-0.2, 0) is 9.53 Å². The SMILES string of the molecule is COC(=O)CSc1[nH]c2nc(C)nc(NNc3ccccc3)c2c1C#N. The van der Waals surface area contributed by atoms with Crippen molar-refractivity contribution in [2.24, 2.45) is 0 Å². The number of benzene rings is 1. The van der Waals surface area contributed by atoms with Gasteiger partial charge >= 0.3 is 5.97 Å². The maximum atomic E-state index is 11.4. The molecule has 0 aliphatic carbocycles. The number of hydrogen-bond donors (Lipinski definition) is 3. The molecule has 3 N–H and O–H groups in total. The number of H-pyrrole nitrogens is 1. The van der Waals surface area contributed by atoms with Crippen molar-refractivity contribution in [1.29, 1.82) is 5.26 Å². The molecule has 8 nitrogen and oxygen atoms in total. The van der Waals surface area contributed by atoms with Gasteiger partial charge in [0, 0.05) is 0 Å². The summed E-state index contributed by atoms with van der Waals surface area (Å²) in [6.45, 7) is 1.77. The van der Waals surface area contributed by atoms with Gasteiger partial charge in [0.2, 0.25) is 0 Å². The molecule has 3 rings (SSSR count). The summed E-state index contributed by atoms with van der Waals surface area (Å²) in [5.74, 6) is 0.748. The second kappa shape index (κ2) is 7.76. The zero-order valence-electron chi connectivity index (χ0n) is 14.2. The highest BCUT2D eigenvalue weighted by atomic mass is 32.2. The summed E-state index contributed by atoms with van der Waals surface area (Å²) in [5, 5.41) is 10.7. The first-order valence-electron chi connectivity index (χ1n) is 7.69. The second-order valence-electron chi connectivity index (χ2n) is 5.26. The van der Waals surface area contributed by atoms with Crippen LogP contribution in [0.1, 0.15) is 11.4 Å². The number of aromatic nitrogens is 3. The molecule has 0 amide bonds. The fourth-order valence-corrected chi connectivity index (χ4v) is 3.17. The van der Waals surface area contributed by atoms with Crippen LogP contribution in [0.3, 0.4) is 0 Å². The Morgan fingerprint density at radius 1 is 1.31 bits per heavy atom. The molecule has 2 heterocycles. The van der Waals surface area contributed by atoms with Gasteiger partial charge in [-0.15, -0.1) is 0 Å². The number of fused-ring (bicyclic) bond motifs is 1. The van der Waals surface area contributed by atoms with Crippen LogP contribution in [0.5, 0.6) is 0 Å². The molecule has 0 atom stereocenters.